The molecule has 0 aliphatic heterocycles. The topological polar surface area (TPSA) is 12.0 Å². The van der Waals surface area contributed by atoms with E-state index >= 15 is 0 Å². The molecule has 0 aromatic heterocycles. The number of rotatable bonds is 5. The lowest BCUT2D eigenvalue weighted by Gasteiger charge is -2.30. The monoisotopic (exact) mass is 315 g/mol. The Kier molecular flexibility index (Phi) is 5.80. The highest BCUT2D eigenvalue weighted by atomic mass is 79.9. The molecule has 3 heteroatoms. The second-order valence-corrected chi connectivity index (χ2v) is 6.79. The fourth-order valence-electron chi connectivity index (χ4n) is 2.28. The lowest BCUT2D eigenvalue weighted by atomic mass is 9.83. The second-order valence-electron chi connectivity index (χ2n) is 5.88. The smallest absolute Gasteiger partial charge is 0.124 e. The fourth-order valence-corrected chi connectivity index (χ4v) is 2.79. The van der Waals surface area contributed by atoms with E-state index in [-0.39, 0.29) is 11.2 Å². The van der Waals surface area contributed by atoms with Crippen LogP contribution in [0.2, 0.25) is 0 Å². The Bertz CT molecular complexity index is 364. The summed E-state index contributed by atoms with van der Waals surface area (Å²) in [6, 6.07) is 5.61. The summed E-state index contributed by atoms with van der Waals surface area (Å²) >= 11 is 3.33. The van der Waals surface area contributed by atoms with E-state index in [1.165, 1.54) is 6.07 Å². The molecule has 0 saturated carbocycles. The van der Waals surface area contributed by atoms with Crippen LogP contribution < -0.4 is 5.32 Å². The normalized spacial score (nSPS) is 13.7. The van der Waals surface area contributed by atoms with Gasteiger partial charge in [0.1, 0.15) is 5.82 Å². The van der Waals surface area contributed by atoms with E-state index in [1.54, 1.807) is 6.07 Å². The van der Waals surface area contributed by atoms with E-state index in [0.717, 1.165) is 29.3 Å². The molecule has 0 bridgehead atoms. The van der Waals surface area contributed by atoms with Crippen molar-refractivity contribution >= 4 is 15.9 Å². The van der Waals surface area contributed by atoms with Crippen LogP contribution in [0, 0.1) is 11.2 Å². The summed E-state index contributed by atoms with van der Waals surface area (Å²) in [5, 5.41) is 3.37. The van der Waals surface area contributed by atoms with Crippen molar-refractivity contribution in [2.45, 2.75) is 46.1 Å². The van der Waals surface area contributed by atoms with Gasteiger partial charge in [-0.25, -0.2) is 4.39 Å². The summed E-state index contributed by atoms with van der Waals surface area (Å²) in [5.74, 6) is -0.166. The molecule has 0 amide bonds. The zero-order valence-corrected chi connectivity index (χ0v) is 13.3. The highest BCUT2D eigenvalue weighted by molar-refractivity contribution is 9.10. The third-order valence-corrected chi connectivity index (χ3v) is 3.73. The summed E-state index contributed by atoms with van der Waals surface area (Å²) in [7, 11) is 2.01. The average molecular weight is 316 g/mol. The molecule has 0 saturated heterocycles. The summed E-state index contributed by atoms with van der Waals surface area (Å²) in [6.45, 7) is 6.73. The van der Waals surface area contributed by atoms with E-state index < -0.39 is 0 Å². The lowest BCUT2D eigenvalue weighted by molar-refractivity contribution is 0.263. The first-order chi connectivity index (χ1) is 8.32. The van der Waals surface area contributed by atoms with Crippen molar-refractivity contribution in [1.82, 2.24) is 5.32 Å². The predicted molar refractivity (Wildman–Crippen MR) is 79.3 cm³/mol. The molecule has 0 heterocycles. The quantitative estimate of drug-likeness (QED) is 0.840. The first-order valence-corrected chi connectivity index (χ1v) is 7.24. The lowest BCUT2D eigenvalue weighted by Crippen LogP contribution is -2.37. The molecule has 1 aromatic carbocycles. The van der Waals surface area contributed by atoms with Crippen LogP contribution in [0.3, 0.4) is 0 Å². The van der Waals surface area contributed by atoms with Crippen LogP contribution in [-0.2, 0) is 6.42 Å². The van der Waals surface area contributed by atoms with Crippen molar-refractivity contribution in [3.05, 3.63) is 34.1 Å². The molecule has 0 radical (unpaired) electrons. The molecule has 1 rings (SSSR count). The van der Waals surface area contributed by atoms with Gasteiger partial charge in [0.25, 0.3) is 0 Å². The Labute approximate surface area is 118 Å². The van der Waals surface area contributed by atoms with Crippen molar-refractivity contribution in [1.29, 1.82) is 0 Å². The molecule has 0 fully saturated rings. The maximum atomic E-state index is 13.2. The van der Waals surface area contributed by atoms with Crippen molar-refractivity contribution < 1.29 is 4.39 Å². The molecule has 1 nitrogen and oxygen atoms in total. The van der Waals surface area contributed by atoms with Gasteiger partial charge in [0.15, 0.2) is 0 Å². The SMILES string of the molecule is CNC(CCCc1cc(F)cc(Br)c1)C(C)(C)C. The zero-order chi connectivity index (χ0) is 13.8. The first-order valence-electron chi connectivity index (χ1n) is 6.45. The third-order valence-electron chi connectivity index (χ3n) is 3.27. The van der Waals surface area contributed by atoms with E-state index in [9.17, 15) is 4.39 Å². The minimum atomic E-state index is -0.166. The van der Waals surface area contributed by atoms with Gasteiger partial charge < -0.3 is 5.32 Å². The largest absolute Gasteiger partial charge is 0.316 e. The second kappa shape index (κ2) is 6.67. The van der Waals surface area contributed by atoms with Gasteiger partial charge in [0.2, 0.25) is 0 Å². The molecule has 102 valence electrons. The minimum Gasteiger partial charge on any atom is -0.316 e. The standard InChI is InChI=1S/C15H23BrFN/c1-15(2,3)14(18-4)7-5-6-11-8-12(16)10-13(17)9-11/h8-10,14,18H,5-7H2,1-4H3. The number of nitrogens with one attached hydrogen (secondary N) is 1. The molecule has 0 aliphatic carbocycles. The summed E-state index contributed by atoms with van der Waals surface area (Å²) in [4.78, 5) is 0. The van der Waals surface area contributed by atoms with E-state index in [4.69, 9.17) is 0 Å². The van der Waals surface area contributed by atoms with Crippen LogP contribution in [-0.4, -0.2) is 13.1 Å². The summed E-state index contributed by atoms with van der Waals surface area (Å²) in [5.41, 5.74) is 1.32. The highest BCUT2D eigenvalue weighted by Crippen LogP contribution is 2.24. The molecule has 0 spiro atoms. The summed E-state index contributed by atoms with van der Waals surface area (Å²) < 4.78 is 14.0. The molecule has 18 heavy (non-hydrogen) atoms. The van der Waals surface area contributed by atoms with Gasteiger partial charge in [-0.05, 0) is 55.5 Å². The molecular weight excluding hydrogens is 293 g/mol. The van der Waals surface area contributed by atoms with Gasteiger partial charge in [-0.3, -0.25) is 0 Å². The maximum Gasteiger partial charge on any atom is 0.124 e. The first kappa shape index (κ1) is 15.6. The van der Waals surface area contributed by atoms with Gasteiger partial charge >= 0.3 is 0 Å². The summed E-state index contributed by atoms with van der Waals surface area (Å²) in [6.07, 6.45) is 3.09. The van der Waals surface area contributed by atoms with Crippen molar-refractivity contribution in [3.63, 3.8) is 0 Å². The fraction of sp³-hybridized carbons (Fsp3) is 0.600. The van der Waals surface area contributed by atoms with Gasteiger partial charge in [-0.15, -0.1) is 0 Å². The van der Waals surface area contributed by atoms with Crippen LogP contribution in [0.4, 0.5) is 4.39 Å². The van der Waals surface area contributed by atoms with Crippen LogP contribution in [0.5, 0.6) is 0 Å². The Balaban J connectivity index is 2.50. The van der Waals surface area contributed by atoms with E-state index in [0.29, 0.717) is 6.04 Å². The zero-order valence-electron chi connectivity index (χ0n) is 11.7. The Hall–Kier alpha value is -0.410. The number of aryl methyl sites for hydroxylation is 1. The average Bonchev–Trinajstić information content (AvgIpc) is 2.21. The minimum absolute atomic E-state index is 0.166. The number of halogens is 2. The number of hydrogen-bond donors (Lipinski definition) is 1. The molecule has 0 aliphatic rings. The Morgan fingerprint density at radius 3 is 2.44 bits per heavy atom. The molecular formula is C15H23BrFN. The maximum absolute atomic E-state index is 13.2. The Morgan fingerprint density at radius 1 is 1.28 bits per heavy atom. The van der Waals surface area contributed by atoms with Gasteiger partial charge in [-0.1, -0.05) is 36.7 Å². The van der Waals surface area contributed by atoms with Crippen LogP contribution in [0.1, 0.15) is 39.2 Å². The molecule has 1 unspecified atom stereocenters. The highest BCUT2D eigenvalue weighted by Gasteiger charge is 2.22. The molecule has 1 aromatic rings. The van der Waals surface area contributed by atoms with Crippen molar-refractivity contribution in [3.8, 4) is 0 Å². The van der Waals surface area contributed by atoms with Crippen LogP contribution in [0.25, 0.3) is 0 Å². The van der Waals surface area contributed by atoms with Gasteiger partial charge in [0, 0.05) is 10.5 Å². The number of benzene rings is 1. The predicted octanol–water partition coefficient (Wildman–Crippen LogP) is 4.55. The van der Waals surface area contributed by atoms with Gasteiger partial charge in [-0.2, -0.15) is 0 Å². The van der Waals surface area contributed by atoms with Crippen LogP contribution >= 0.6 is 15.9 Å². The van der Waals surface area contributed by atoms with E-state index in [1.807, 2.05) is 13.1 Å². The van der Waals surface area contributed by atoms with Crippen molar-refractivity contribution in [2.24, 2.45) is 5.41 Å². The van der Waals surface area contributed by atoms with E-state index in [2.05, 4.69) is 42.0 Å². The van der Waals surface area contributed by atoms with Crippen molar-refractivity contribution in [2.75, 3.05) is 7.05 Å². The molecule has 1 atom stereocenters. The molecule has 1 N–H and O–H groups in total. The van der Waals surface area contributed by atoms with Gasteiger partial charge in [0.05, 0.1) is 0 Å². The van der Waals surface area contributed by atoms with Crippen LogP contribution in [0.15, 0.2) is 22.7 Å². The Morgan fingerprint density at radius 2 is 1.94 bits per heavy atom. The number of hydrogen-bond acceptors (Lipinski definition) is 1. The third kappa shape index (κ3) is 5.07.